The van der Waals surface area contributed by atoms with Crippen LogP contribution in [-0.2, 0) is 6.42 Å². The van der Waals surface area contributed by atoms with E-state index in [-0.39, 0.29) is 5.54 Å². The Balaban J connectivity index is 1.82. The number of thiazole rings is 1. The van der Waals surface area contributed by atoms with E-state index in [0.29, 0.717) is 5.92 Å². The van der Waals surface area contributed by atoms with Gasteiger partial charge in [-0.3, -0.25) is 0 Å². The van der Waals surface area contributed by atoms with Gasteiger partial charge in [0.05, 0.1) is 5.69 Å². The molecule has 1 aliphatic carbocycles. The summed E-state index contributed by atoms with van der Waals surface area (Å²) in [4.78, 5) is 6.47. The molecule has 2 heterocycles. The minimum Gasteiger partial charge on any atom is -0.311 e. The molecule has 2 aromatic heterocycles. The summed E-state index contributed by atoms with van der Waals surface area (Å²) in [5, 5.41) is 9.18. The van der Waals surface area contributed by atoms with Crippen molar-refractivity contribution in [3.63, 3.8) is 0 Å². The highest BCUT2D eigenvalue weighted by atomic mass is 32.1. The van der Waals surface area contributed by atoms with Crippen LogP contribution >= 0.6 is 22.7 Å². The van der Waals surface area contributed by atoms with E-state index in [1.165, 1.54) is 40.4 Å². The van der Waals surface area contributed by atoms with Crippen molar-refractivity contribution in [2.24, 2.45) is 0 Å². The summed E-state index contributed by atoms with van der Waals surface area (Å²) < 4.78 is 0. The molecule has 0 spiro atoms. The molecule has 4 heteroatoms. The summed E-state index contributed by atoms with van der Waals surface area (Å²) in [7, 11) is 0. The van der Waals surface area contributed by atoms with Crippen LogP contribution in [0.1, 0.15) is 50.1 Å². The maximum atomic E-state index is 4.96. The number of thiophene rings is 1. The van der Waals surface area contributed by atoms with Crippen LogP contribution in [0.3, 0.4) is 0 Å². The quantitative estimate of drug-likeness (QED) is 0.890. The van der Waals surface area contributed by atoms with E-state index < -0.39 is 0 Å². The zero-order valence-electron chi connectivity index (χ0n) is 12.4. The molecule has 0 bridgehead atoms. The Morgan fingerprint density at radius 1 is 1.40 bits per heavy atom. The van der Waals surface area contributed by atoms with Crippen molar-refractivity contribution < 1.29 is 0 Å². The molecule has 1 aliphatic rings. The van der Waals surface area contributed by atoms with E-state index in [0.717, 1.165) is 6.54 Å². The SMILES string of the molecule is CC(C)(C)NCC1CCCc2sc(-c3ccsc3)nc21. The average Bonchev–Trinajstić information content (AvgIpc) is 3.03. The topological polar surface area (TPSA) is 24.9 Å². The number of hydrogen-bond acceptors (Lipinski definition) is 4. The highest BCUT2D eigenvalue weighted by Crippen LogP contribution is 2.38. The molecule has 0 saturated carbocycles. The third kappa shape index (κ3) is 3.13. The number of aryl methyl sites for hydroxylation is 1. The van der Waals surface area contributed by atoms with Crippen molar-refractivity contribution in [1.29, 1.82) is 0 Å². The molecular weight excluding hydrogens is 284 g/mol. The van der Waals surface area contributed by atoms with Gasteiger partial charge in [0.1, 0.15) is 5.01 Å². The summed E-state index contributed by atoms with van der Waals surface area (Å²) in [6.45, 7) is 7.74. The molecule has 1 N–H and O–H groups in total. The fraction of sp³-hybridized carbons (Fsp3) is 0.562. The van der Waals surface area contributed by atoms with Gasteiger partial charge in [-0.1, -0.05) is 0 Å². The lowest BCUT2D eigenvalue weighted by Gasteiger charge is -2.27. The molecule has 0 amide bonds. The van der Waals surface area contributed by atoms with Crippen molar-refractivity contribution in [1.82, 2.24) is 10.3 Å². The molecule has 1 unspecified atom stereocenters. The molecule has 0 saturated heterocycles. The van der Waals surface area contributed by atoms with Gasteiger partial charge in [0.2, 0.25) is 0 Å². The number of nitrogens with one attached hydrogen (secondary N) is 1. The molecule has 1 atom stereocenters. The van der Waals surface area contributed by atoms with Gasteiger partial charge in [0.25, 0.3) is 0 Å². The molecular formula is C16H22N2S2. The lowest BCUT2D eigenvalue weighted by atomic mass is 9.90. The molecule has 3 rings (SSSR count). The Morgan fingerprint density at radius 2 is 2.25 bits per heavy atom. The molecule has 2 aromatic rings. The summed E-state index contributed by atoms with van der Waals surface area (Å²) in [5.74, 6) is 0.585. The van der Waals surface area contributed by atoms with Crippen LogP contribution in [-0.4, -0.2) is 17.1 Å². The third-order valence-electron chi connectivity index (χ3n) is 3.72. The van der Waals surface area contributed by atoms with E-state index in [1.807, 2.05) is 11.3 Å². The maximum absolute atomic E-state index is 4.96. The molecule has 0 aliphatic heterocycles. The van der Waals surface area contributed by atoms with Gasteiger partial charge >= 0.3 is 0 Å². The van der Waals surface area contributed by atoms with Gasteiger partial charge in [-0.15, -0.1) is 11.3 Å². The Kier molecular flexibility index (Phi) is 3.98. The minimum atomic E-state index is 0.184. The van der Waals surface area contributed by atoms with Gasteiger partial charge in [0, 0.05) is 33.8 Å². The fourth-order valence-corrected chi connectivity index (χ4v) is 4.55. The summed E-state index contributed by atoms with van der Waals surface area (Å²) >= 11 is 3.65. The van der Waals surface area contributed by atoms with Gasteiger partial charge in [-0.2, -0.15) is 11.3 Å². The molecule has 108 valence electrons. The summed E-state index contributed by atoms with van der Waals surface area (Å²) in [6.07, 6.45) is 3.78. The third-order valence-corrected chi connectivity index (χ3v) is 5.58. The highest BCUT2D eigenvalue weighted by Gasteiger charge is 2.26. The van der Waals surface area contributed by atoms with E-state index in [9.17, 15) is 0 Å². The Bertz CT molecular complexity index is 564. The number of rotatable bonds is 3. The second kappa shape index (κ2) is 5.58. The van der Waals surface area contributed by atoms with Crippen LogP contribution in [0, 0.1) is 0 Å². The standard InChI is InChI=1S/C16H22N2S2/c1-16(2,3)17-9-11-5-4-6-13-14(11)18-15(20-13)12-7-8-19-10-12/h7-8,10-11,17H,4-6,9H2,1-3H3. The highest BCUT2D eigenvalue weighted by molar-refractivity contribution is 7.15. The van der Waals surface area contributed by atoms with Crippen molar-refractivity contribution in [2.45, 2.75) is 51.5 Å². The minimum absolute atomic E-state index is 0.184. The molecule has 20 heavy (non-hydrogen) atoms. The smallest absolute Gasteiger partial charge is 0.124 e. The van der Waals surface area contributed by atoms with Crippen molar-refractivity contribution in [2.75, 3.05) is 6.54 Å². The first-order valence-corrected chi connectivity index (χ1v) is 9.06. The lowest BCUT2D eigenvalue weighted by Crippen LogP contribution is -2.39. The van der Waals surface area contributed by atoms with E-state index in [1.54, 1.807) is 11.3 Å². The Morgan fingerprint density at radius 3 is 2.95 bits per heavy atom. The zero-order chi connectivity index (χ0) is 14.2. The second-order valence-electron chi connectivity index (χ2n) is 6.56. The first-order chi connectivity index (χ1) is 9.53. The normalized spacial score (nSPS) is 19.1. The average molecular weight is 306 g/mol. The first kappa shape index (κ1) is 14.2. The van der Waals surface area contributed by atoms with Gasteiger partial charge in [-0.25, -0.2) is 4.98 Å². The number of fused-ring (bicyclic) bond motifs is 1. The van der Waals surface area contributed by atoms with Crippen molar-refractivity contribution in [3.8, 4) is 10.6 Å². The monoisotopic (exact) mass is 306 g/mol. The van der Waals surface area contributed by atoms with Gasteiger partial charge in [0.15, 0.2) is 0 Å². The Labute approximate surface area is 129 Å². The molecule has 2 nitrogen and oxygen atoms in total. The van der Waals surface area contributed by atoms with Crippen LogP contribution in [0.5, 0.6) is 0 Å². The van der Waals surface area contributed by atoms with Gasteiger partial charge < -0.3 is 5.32 Å². The molecule has 0 aromatic carbocycles. The fourth-order valence-electron chi connectivity index (χ4n) is 2.65. The summed E-state index contributed by atoms with van der Waals surface area (Å²) in [5.41, 5.74) is 2.83. The predicted octanol–water partition coefficient (Wildman–Crippen LogP) is 4.68. The maximum Gasteiger partial charge on any atom is 0.124 e. The number of hydrogen-bond donors (Lipinski definition) is 1. The van der Waals surface area contributed by atoms with Gasteiger partial charge in [-0.05, 0) is 51.5 Å². The second-order valence-corrected chi connectivity index (χ2v) is 8.42. The molecule has 0 radical (unpaired) electrons. The van der Waals surface area contributed by atoms with E-state index in [2.05, 4.69) is 42.9 Å². The predicted molar refractivity (Wildman–Crippen MR) is 88.9 cm³/mol. The largest absolute Gasteiger partial charge is 0.311 e. The first-order valence-electron chi connectivity index (χ1n) is 7.30. The molecule has 0 fully saturated rings. The van der Waals surface area contributed by atoms with E-state index >= 15 is 0 Å². The zero-order valence-corrected chi connectivity index (χ0v) is 14.0. The van der Waals surface area contributed by atoms with E-state index in [4.69, 9.17) is 4.98 Å². The van der Waals surface area contributed by atoms with Crippen LogP contribution in [0.2, 0.25) is 0 Å². The van der Waals surface area contributed by atoms with Crippen LogP contribution in [0.25, 0.3) is 10.6 Å². The summed E-state index contributed by atoms with van der Waals surface area (Å²) in [6, 6.07) is 2.18. The van der Waals surface area contributed by atoms with Crippen molar-refractivity contribution in [3.05, 3.63) is 27.4 Å². The van der Waals surface area contributed by atoms with Crippen LogP contribution < -0.4 is 5.32 Å². The Hall–Kier alpha value is -0.710. The van der Waals surface area contributed by atoms with Crippen LogP contribution in [0.4, 0.5) is 0 Å². The number of nitrogens with zero attached hydrogens (tertiary/aromatic N) is 1. The number of aromatic nitrogens is 1. The van der Waals surface area contributed by atoms with Crippen LogP contribution in [0.15, 0.2) is 16.8 Å². The lowest BCUT2D eigenvalue weighted by molar-refractivity contribution is 0.388. The van der Waals surface area contributed by atoms with Crippen molar-refractivity contribution >= 4 is 22.7 Å².